The molecule has 0 aliphatic carbocycles. The lowest BCUT2D eigenvalue weighted by Gasteiger charge is -2.16. The number of hydrogen-bond acceptors (Lipinski definition) is 6. The Balaban J connectivity index is 2.01. The Kier molecular flexibility index (Phi) is 7.53. The third kappa shape index (κ3) is 6.35. The van der Waals surface area contributed by atoms with Crippen molar-refractivity contribution in [3.05, 3.63) is 12.2 Å². The van der Waals surface area contributed by atoms with Crippen LogP contribution in [0.4, 0.5) is 0 Å². The van der Waals surface area contributed by atoms with Gasteiger partial charge in [-0.2, -0.15) is 4.98 Å². The highest BCUT2D eigenvalue weighted by molar-refractivity contribution is 4.74. The smallest absolute Gasteiger partial charge is 0.227 e. The van der Waals surface area contributed by atoms with Crippen LogP contribution in [0, 0.1) is 0 Å². The van der Waals surface area contributed by atoms with E-state index in [1.54, 1.807) is 0 Å². The first-order valence-electron chi connectivity index (χ1n) is 6.06. The summed E-state index contributed by atoms with van der Waals surface area (Å²) in [6, 6.07) is 0. The molecule has 0 unspecified atom stereocenters. The number of ether oxygens (including phenoxy) is 2. The number of nitrogens with one attached hydrogen (secondary N) is 1. The van der Waals surface area contributed by atoms with E-state index in [2.05, 4.69) is 15.5 Å². The summed E-state index contributed by atoms with van der Waals surface area (Å²) in [7, 11) is 0. The zero-order valence-electron chi connectivity index (χ0n) is 10.5. The van der Waals surface area contributed by atoms with E-state index in [-0.39, 0.29) is 6.29 Å². The molecule has 6 nitrogen and oxygen atoms in total. The van der Waals surface area contributed by atoms with E-state index in [0.29, 0.717) is 19.1 Å². The lowest BCUT2D eigenvalue weighted by molar-refractivity contribution is -0.138. The van der Waals surface area contributed by atoms with Gasteiger partial charge in [-0.15, -0.1) is 0 Å². The van der Waals surface area contributed by atoms with Crippen LogP contribution in [0.1, 0.15) is 26.2 Å². The van der Waals surface area contributed by atoms with Crippen molar-refractivity contribution < 1.29 is 14.0 Å². The molecular weight excluding hydrogens is 222 g/mol. The molecule has 0 spiro atoms. The highest BCUT2D eigenvalue weighted by atomic mass is 16.7. The number of rotatable bonds is 10. The van der Waals surface area contributed by atoms with E-state index < -0.39 is 0 Å². The van der Waals surface area contributed by atoms with Crippen LogP contribution in [0.5, 0.6) is 0 Å². The molecular formula is C11H21N3O3. The van der Waals surface area contributed by atoms with Crippen molar-refractivity contribution in [3.63, 3.8) is 0 Å². The Hall–Kier alpha value is -0.980. The van der Waals surface area contributed by atoms with E-state index in [1.807, 2.05) is 13.8 Å². The fourth-order valence-electron chi connectivity index (χ4n) is 1.43. The van der Waals surface area contributed by atoms with Crippen LogP contribution in [0.3, 0.4) is 0 Å². The Labute approximate surface area is 102 Å². The summed E-state index contributed by atoms with van der Waals surface area (Å²) >= 11 is 0. The Morgan fingerprint density at radius 2 is 2.06 bits per heavy atom. The molecule has 0 aliphatic heterocycles. The third-order valence-electron chi connectivity index (χ3n) is 2.18. The van der Waals surface area contributed by atoms with Crippen molar-refractivity contribution in [2.75, 3.05) is 26.3 Å². The van der Waals surface area contributed by atoms with Gasteiger partial charge in [-0.05, 0) is 20.4 Å². The Bertz CT molecular complexity index is 261. The van der Waals surface area contributed by atoms with Crippen molar-refractivity contribution in [3.8, 4) is 0 Å². The standard InChI is InChI=1S/C11H21N3O3/c1-3-15-11(16-4-2)6-8-12-7-5-10-13-9-14-17-10/h9,11-12H,3-8H2,1-2H3. The highest BCUT2D eigenvalue weighted by Crippen LogP contribution is 1.99. The van der Waals surface area contributed by atoms with Gasteiger partial charge in [-0.3, -0.25) is 0 Å². The van der Waals surface area contributed by atoms with Crippen LogP contribution in [0.15, 0.2) is 10.9 Å². The first-order chi connectivity index (χ1) is 8.36. The molecule has 1 rings (SSSR count). The summed E-state index contributed by atoms with van der Waals surface area (Å²) in [6.45, 7) is 6.94. The van der Waals surface area contributed by atoms with Crippen LogP contribution >= 0.6 is 0 Å². The van der Waals surface area contributed by atoms with E-state index in [9.17, 15) is 0 Å². The molecule has 98 valence electrons. The van der Waals surface area contributed by atoms with Crippen LogP contribution < -0.4 is 5.32 Å². The predicted octanol–water partition coefficient (Wildman–Crippen LogP) is 0.991. The van der Waals surface area contributed by atoms with Crippen molar-refractivity contribution in [2.45, 2.75) is 33.0 Å². The van der Waals surface area contributed by atoms with Gasteiger partial charge in [0.25, 0.3) is 0 Å². The Morgan fingerprint density at radius 3 is 2.65 bits per heavy atom. The van der Waals surface area contributed by atoms with E-state index in [4.69, 9.17) is 14.0 Å². The highest BCUT2D eigenvalue weighted by Gasteiger charge is 2.06. The van der Waals surface area contributed by atoms with Gasteiger partial charge in [0.2, 0.25) is 5.89 Å². The monoisotopic (exact) mass is 243 g/mol. The van der Waals surface area contributed by atoms with Gasteiger partial charge in [0.1, 0.15) is 0 Å². The van der Waals surface area contributed by atoms with Crippen molar-refractivity contribution in [1.82, 2.24) is 15.5 Å². The van der Waals surface area contributed by atoms with Crippen molar-refractivity contribution in [2.24, 2.45) is 0 Å². The van der Waals surface area contributed by atoms with Crippen molar-refractivity contribution >= 4 is 0 Å². The summed E-state index contributed by atoms with van der Waals surface area (Å²) in [5.74, 6) is 0.656. The molecule has 0 radical (unpaired) electrons. The molecule has 6 heteroatoms. The molecule has 0 fully saturated rings. The topological polar surface area (TPSA) is 69.4 Å². The molecule has 0 atom stereocenters. The SMILES string of the molecule is CCOC(CCNCCc1ncno1)OCC. The number of nitrogens with zero attached hydrogens (tertiary/aromatic N) is 2. The van der Waals surface area contributed by atoms with E-state index in [1.165, 1.54) is 6.33 Å². The lowest BCUT2D eigenvalue weighted by atomic mass is 10.3. The summed E-state index contributed by atoms with van der Waals surface area (Å²) < 4.78 is 15.8. The fourth-order valence-corrected chi connectivity index (χ4v) is 1.43. The quantitative estimate of drug-likeness (QED) is 0.488. The number of aromatic nitrogens is 2. The van der Waals surface area contributed by atoms with Gasteiger partial charge >= 0.3 is 0 Å². The maximum atomic E-state index is 5.43. The molecule has 0 bridgehead atoms. The summed E-state index contributed by atoms with van der Waals surface area (Å²) in [6.07, 6.45) is 2.88. The largest absolute Gasteiger partial charge is 0.353 e. The van der Waals surface area contributed by atoms with Crippen LogP contribution in [0.25, 0.3) is 0 Å². The molecule has 0 aromatic carbocycles. The van der Waals surface area contributed by atoms with Crippen LogP contribution in [-0.4, -0.2) is 42.7 Å². The Morgan fingerprint density at radius 1 is 1.29 bits per heavy atom. The first kappa shape index (κ1) is 14.1. The summed E-state index contributed by atoms with van der Waals surface area (Å²) in [5.41, 5.74) is 0. The molecule has 1 heterocycles. The molecule has 0 amide bonds. The van der Waals surface area contributed by atoms with Crippen LogP contribution in [0.2, 0.25) is 0 Å². The first-order valence-corrected chi connectivity index (χ1v) is 6.06. The predicted molar refractivity (Wildman–Crippen MR) is 62.5 cm³/mol. The fraction of sp³-hybridized carbons (Fsp3) is 0.818. The average Bonchev–Trinajstić information content (AvgIpc) is 2.82. The maximum Gasteiger partial charge on any atom is 0.227 e. The second-order valence-corrected chi connectivity index (χ2v) is 3.46. The molecule has 17 heavy (non-hydrogen) atoms. The van der Waals surface area contributed by atoms with E-state index in [0.717, 1.165) is 25.9 Å². The minimum absolute atomic E-state index is 0.110. The minimum Gasteiger partial charge on any atom is -0.353 e. The van der Waals surface area contributed by atoms with Gasteiger partial charge in [-0.25, -0.2) is 0 Å². The number of hydrogen-bond donors (Lipinski definition) is 1. The van der Waals surface area contributed by atoms with Gasteiger partial charge < -0.3 is 19.3 Å². The van der Waals surface area contributed by atoms with Gasteiger partial charge in [0, 0.05) is 32.6 Å². The second-order valence-electron chi connectivity index (χ2n) is 3.46. The van der Waals surface area contributed by atoms with Gasteiger partial charge in [-0.1, -0.05) is 5.16 Å². The molecule has 1 aromatic heterocycles. The van der Waals surface area contributed by atoms with E-state index >= 15 is 0 Å². The molecule has 1 N–H and O–H groups in total. The van der Waals surface area contributed by atoms with Crippen molar-refractivity contribution in [1.29, 1.82) is 0 Å². The zero-order valence-corrected chi connectivity index (χ0v) is 10.5. The molecule has 1 aromatic rings. The summed E-state index contributed by atoms with van der Waals surface area (Å²) in [5, 5.41) is 6.83. The average molecular weight is 243 g/mol. The minimum atomic E-state index is -0.110. The van der Waals surface area contributed by atoms with Gasteiger partial charge in [0.15, 0.2) is 12.6 Å². The summed E-state index contributed by atoms with van der Waals surface area (Å²) in [4.78, 5) is 3.94. The normalized spacial score (nSPS) is 11.2. The van der Waals surface area contributed by atoms with Crippen LogP contribution in [-0.2, 0) is 15.9 Å². The second kappa shape index (κ2) is 9.09. The molecule has 0 saturated carbocycles. The lowest BCUT2D eigenvalue weighted by Crippen LogP contribution is -2.26. The molecule has 0 aliphatic rings. The molecule has 0 saturated heterocycles. The van der Waals surface area contributed by atoms with Gasteiger partial charge in [0.05, 0.1) is 0 Å². The zero-order chi connectivity index (χ0) is 12.3. The maximum absolute atomic E-state index is 5.43. The third-order valence-corrected chi connectivity index (χ3v) is 2.18.